The Labute approximate surface area is 196 Å². The lowest BCUT2D eigenvalue weighted by molar-refractivity contribution is 0.614. The molecule has 2 aliphatic heterocycles. The fourth-order valence-electron chi connectivity index (χ4n) is 5.15. The van der Waals surface area contributed by atoms with Gasteiger partial charge in [0, 0.05) is 5.56 Å². The molecule has 0 spiro atoms. The molecule has 5 aromatic rings. The van der Waals surface area contributed by atoms with Crippen molar-refractivity contribution in [3.8, 4) is 22.5 Å². The van der Waals surface area contributed by atoms with Gasteiger partial charge in [0.2, 0.25) is 0 Å². The summed E-state index contributed by atoms with van der Waals surface area (Å²) in [5.41, 5.74) is 6.97. The zero-order chi connectivity index (χ0) is 22.5. The van der Waals surface area contributed by atoms with E-state index in [0.29, 0.717) is 11.9 Å². The van der Waals surface area contributed by atoms with E-state index in [0.717, 1.165) is 76.5 Å². The van der Waals surface area contributed by atoms with Crippen LogP contribution in [-0.2, 0) is 0 Å². The molecule has 2 fully saturated rings. The Morgan fingerprint density at radius 3 is 2.09 bits per heavy atom. The van der Waals surface area contributed by atoms with Crippen LogP contribution in [0, 0.1) is 0 Å². The first kappa shape index (κ1) is 19.8. The molecule has 0 amide bonds. The van der Waals surface area contributed by atoms with Gasteiger partial charge >= 0.3 is 0 Å². The van der Waals surface area contributed by atoms with Gasteiger partial charge < -0.3 is 20.6 Å². The second kappa shape index (κ2) is 8.00. The number of aromatic nitrogens is 6. The van der Waals surface area contributed by atoms with Gasteiger partial charge in [0.1, 0.15) is 17.2 Å². The van der Waals surface area contributed by atoms with E-state index in [9.17, 15) is 0 Å². The van der Waals surface area contributed by atoms with E-state index in [-0.39, 0.29) is 6.04 Å². The quantitative estimate of drug-likeness (QED) is 0.323. The molecule has 0 radical (unpaired) electrons. The molecule has 2 aromatic carbocycles. The number of aromatic amines is 2. The number of benzene rings is 2. The number of H-pyrrole nitrogens is 2. The Kier molecular flexibility index (Phi) is 4.66. The number of hydrogen-bond donors (Lipinski definition) is 4. The third-order valence-electron chi connectivity index (χ3n) is 7.02. The summed E-state index contributed by atoms with van der Waals surface area (Å²) in [4.78, 5) is 25.7. The van der Waals surface area contributed by atoms with Gasteiger partial charge in [-0.1, -0.05) is 30.3 Å². The first-order valence-electron chi connectivity index (χ1n) is 12.1. The summed E-state index contributed by atoms with van der Waals surface area (Å²) in [6.07, 6.45) is 6.45. The van der Waals surface area contributed by atoms with Crippen LogP contribution in [0.2, 0.25) is 0 Å². The highest BCUT2D eigenvalue weighted by Crippen LogP contribution is 2.29. The Morgan fingerprint density at radius 1 is 0.676 bits per heavy atom. The van der Waals surface area contributed by atoms with Crippen LogP contribution in [0.5, 0.6) is 0 Å². The second-order valence-electron chi connectivity index (χ2n) is 9.28. The maximum atomic E-state index is 4.79. The molecule has 8 heteroatoms. The minimum atomic E-state index is 0.287. The zero-order valence-corrected chi connectivity index (χ0v) is 18.8. The van der Waals surface area contributed by atoms with Gasteiger partial charge in [-0.3, -0.25) is 0 Å². The highest BCUT2D eigenvalue weighted by Gasteiger charge is 2.21. The molecule has 8 nitrogen and oxygen atoms in total. The minimum absolute atomic E-state index is 0.287. The van der Waals surface area contributed by atoms with Crippen molar-refractivity contribution in [1.29, 1.82) is 0 Å². The van der Waals surface area contributed by atoms with Crippen LogP contribution in [0.1, 0.15) is 49.4 Å². The summed E-state index contributed by atoms with van der Waals surface area (Å²) in [6.45, 7) is 2.10. The highest BCUT2D eigenvalue weighted by molar-refractivity contribution is 5.82. The van der Waals surface area contributed by atoms with Gasteiger partial charge in [-0.15, -0.1) is 0 Å². The van der Waals surface area contributed by atoms with Crippen LogP contribution in [-0.4, -0.2) is 43.0 Å². The van der Waals surface area contributed by atoms with Gasteiger partial charge in [0.05, 0.1) is 29.3 Å². The van der Waals surface area contributed by atoms with Crippen molar-refractivity contribution in [2.75, 3.05) is 13.1 Å². The molecule has 170 valence electrons. The number of nitrogens with one attached hydrogen (secondary N) is 4. The van der Waals surface area contributed by atoms with Gasteiger partial charge in [-0.25, -0.2) is 19.9 Å². The van der Waals surface area contributed by atoms with Crippen molar-refractivity contribution < 1.29 is 0 Å². The van der Waals surface area contributed by atoms with E-state index < -0.39 is 0 Å². The van der Waals surface area contributed by atoms with Crippen molar-refractivity contribution >= 4 is 22.2 Å². The van der Waals surface area contributed by atoms with Gasteiger partial charge in [0.25, 0.3) is 0 Å². The van der Waals surface area contributed by atoms with E-state index in [1.54, 1.807) is 0 Å². The number of rotatable bonds is 4. The summed E-state index contributed by atoms with van der Waals surface area (Å²) in [7, 11) is 0. The standard InChI is InChI=1S/C26H26N8/c1-3-19(27-11-1)24-30-18-10-9-17(13-21(18)31-24)15-5-7-16(8-6-15)23-29-14-22-26(33-23)34-25(32-22)20-4-2-12-28-20/h5-10,13-14,19-20,27-28H,1-4,11-12H2,(H,30,31)(H,29,32,33,34). The monoisotopic (exact) mass is 450 g/mol. The van der Waals surface area contributed by atoms with Gasteiger partial charge in [-0.05, 0) is 62.0 Å². The Bertz CT molecular complexity index is 1360. The van der Waals surface area contributed by atoms with Gasteiger partial charge in [0.15, 0.2) is 11.5 Å². The fourth-order valence-corrected chi connectivity index (χ4v) is 5.15. The topological polar surface area (TPSA) is 107 Å². The molecule has 2 unspecified atom stereocenters. The number of fused-ring (bicyclic) bond motifs is 2. The van der Waals surface area contributed by atoms with E-state index in [2.05, 4.69) is 68.1 Å². The summed E-state index contributed by atoms with van der Waals surface area (Å²) >= 11 is 0. The Hall–Kier alpha value is -3.62. The smallest absolute Gasteiger partial charge is 0.181 e. The van der Waals surface area contributed by atoms with E-state index in [1.165, 1.54) is 12.8 Å². The summed E-state index contributed by atoms with van der Waals surface area (Å²) in [5, 5.41) is 6.99. The molecule has 0 aliphatic carbocycles. The van der Waals surface area contributed by atoms with Crippen molar-refractivity contribution in [2.45, 2.75) is 37.8 Å². The highest BCUT2D eigenvalue weighted by atomic mass is 15.1. The molecule has 5 heterocycles. The molecular formula is C26H26N8. The Morgan fingerprint density at radius 2 is 1.35 bits per heavy atom. The molecule has 2 atom stereocenters. The van der Waals surface area contributed by atoms with E-state index in [4.69, 9.17) is 15.0 Å². The van der Waals surface area contributed by atoms with Crippen LogP contribution in [0.25, 0.3) is 44.7 Å². The van der Waals surface area contributed by atoms with Crippen LogP contribution >= 0.6 is 0 Å². The summed E-state index contributed by atoms with van der Waals surface area (Å²) in [5.74, 6) is 2.68. The van der Waals surface area contributed by atoms with Crippen LogP contribution < -0.4 is 10.6 Å². The van der Waals surface area contributed by atoms with Crippen LogP contribution in [0.4, 0.5) is 0 Å². The lowest BCUT2D eigenvalue weighted by Crippen LogP contribution is -2.14. The van der Waals surface area contributed by atoms with E-state index >= 15 is 0 Å². The second-order valence-corrected chi connectivity index (χ2v) is 9.28. The summed E-state index contributed by atoms with van der Waals surface area (Å²) < 4.78 is 0. The molecule has 0 saturated carbocycles. The number of nitrogens with zero attached hydrogens (tertiary/aromatic N) is 4. The third kappa shape index (κ3) is 3.46. The average molecular weight is 451 g/mol. The SMILES string of the molecule is c1cc(-c2ncc3[nH]c(C4CCCN4)nc3n2)ccc1-c1ccc2nc(C3CCCN3)[nH]c2c1. The maximum Gasteiger partial charge on any atom is 0.181 e. The molecule has 0 bridgehead atoms. The predicted octanol–water partition coefficient (Wildman–Crippen LogP) is 4.41. The fraction of sp³-hybridized carbons (Fsp3) is 0.308. The number of hydrogen-bond acceptors (Lipinski definition) is 6. The molecule has 7 rings (SSSR count). The molecule has 2 saturated heterocycles. The molecule has 4 N–H and O–H groups in total. The molecule has 2 aliphatic rings. The van der Waals surface area contributed by atoms with Crippen LogP contribution in [0.15, 0.2) is 48.7 Å². The molecule has 34 heavy (non-hydrogen) atoms. The van der Waals surface area contributed by atoms with Crippen molar-refractivity contribution in [3.63, 3.8) is 0 Å². The zero-order valence-electron chi connectivity index (χ0n) is 18.8. The van der Waals surface area contributed by atoms with Crippen molar-refractivity contribution in [1.82, 2.24) is 40.5 Å². The number of imidazole rings is 2. The first-order chi connectivity index (χ1) is 16.8. The molecule has 3 aromatic heterocycles. The predicted molar refractivity (Wildman–Crippen MR) is 132 cm³/mol. The lowest BCUT2D eigenvalue weighted by Gasteiger charge is -2.05. The van der Waals surface area contributed by atoms with Crippen molar-refractivity contribution in [2.24, 2.45) is 0 Å². The van der Waals surface area contributed by atoms with Gasteiger partial charge in [-0.2, -0.15) is 0 Å². The lowest BCUT2D eigenvalue weighted by atomic mass is 10.0. The molecular weight excluding hydrogens is 424 g/mol. The normalized spacial score (nSPS) is 20.6. The van der Waals surface area contributed by atoms with E-state index in [1.807, 2.05) is 6.20 Å². The minimum Gasteiger partial charge on any atom is -0.341 e. The third-order valence-corrected chi connectivity index (χ3v) is 7.02. The largest absolute Gasteiger partial charge is 0.341 e. The summed E-state index contributed by atoms with van der Waals surface area (Å²) in [6, 6.07) is 15.4. The van der Waals surface area contributed by atoms with Crippen molar-refractivity contribution in [3.05, 3.63) is 60.3 Å². The maximum absolute atomic E-state index is 4.79. The Balaban J connectivity index is 1.16. The van der Waals surface area contributed by atoms with Crippen LogP contribution in [0.3, 0.4) is 0 Å². The average Bonchev–Trinajstić information content (AvgIpc) is 3.69. The first-order valence-corrected chi connectivity index (χ1v) is 12.1.